The molecule has 0 N–H and O–H groups in total. The molecule has 1 aromatic heterocycles. The zero-order valence-electron chi connectivity index (χ0n) is 11.4. The van der Waals surface area contributed by atoms with Crippen molar-refractivity contribution in [2.75, 3.05) is 7.11 Å². The number of aromatic nitrogens is 2. The van der Waals surface area contributed by atoms with E-state index in [9.17, 15) is 4.79 Å². The number of carbonyl (C=O) groups excluding carboxylic acids is 1. The maximum atomic E-state index is 12.4. The lowest BCUT2D eigenvalue weighted by Crippen LogP contribution is -2.11. The van der Waals surface area contributed by atoms with Crippen molar-refractivity contribution < 1.29 is 9.53 Å². The maximum absolute atomic E-state index is 12.4. The lowest BCUT2D eigenvalue weighted by atomic mass is 10.1. The SMILES string of the molecule is COc1ccc(C(=O)Cn2ncc3ccccc32)cc1Br. The number of hydrogen-bond acceptors (Lipinski definition) is 3. The van der Waals surface area contributed by atoms with Crippen LogP contribution in [-0.2, 0) is 6.54 Å². The number of carbonyl (C=O) groups is 1. The molecular weight excluding hydrogens is 332 g/mol. The molecule has 1 heterocycles. The van der Waals surface area contributed by atoms with Crippen LogP contribution >= 0.6 is 15.9 Å². The Morgan fingerprint density at radius 2 is 2.10 bits per heavy atom. The Hall–Kier alpha value is -2.14. The van der Waals surface area contributed by atoms with Crippen molar-refractivity contribution in [3.05, 3.63) is 58.7 Å². The molecular formula is C16H13BrN2O2. The van der Waals surface area contributed by atoms with Crippen molar-refractivity contribution in [1.82, 2.24) is 9.78 Å². The van der Waals surface area contributed by atoms with E-state index in [1.807, 2.05) is 24.3 Å². The van der Waals surface area contributed by atoms with Gasteiger partial charge in [-0.3, -0.25) is 9.48 Å². The Kier molecular flexibility index (Phi) is 3.75. The first-order valence-corrected chi connectivity index (χ1v) is 7.25. The van der Waals surface area contributed by atoms with Crippen molar-refractivity contribution in [2.45, 2.75) is 6.54 Å². The molecule has 0 fully saturated rings. The van der Waals surface area contributed by atoms with Crippen LogP contribution in [0.3, 0.4) is 0 Å². The minimum absolute atomic E-state index is 0.00667. The predicted octanol–water partition coefficient (Wildman–Crippen LogP) is 3.69. The highest BCUT2D eigenvalue weighted by Gasteiger charge is 2.11. The number of para-hydroxylation sites is 1. The molecule has 3 rings (SSSR count). The maximum Gasteiger partial charge on any atom is 0.184 e. The van der Waals surface area contributed by atoms with E-state index in [4.69, 9.17) is 4.74 Å². The van der Waals surface area contributed by atoms with Crippen LogP contribution in [-0.4, -0.2) is 22.7 Å². The summed E-state index contributed by atoms with van der Waals surface area (Å²) in [5.41, 5.74) is 1.58. The molecule has 4 nitrogen and oxygen atoms in total. The number of rotatable bonds is 4. The number of hydrogen-bond donors (Lipinski definition) is 0. The van der Waals surface area contributed by atoms with Gasteiger partial charge in [-0.2, -0.15) is 5.10 Å². The smallest absolute Gasteiger partial charge is 0.184 e. The summed E-state index contributed by atoms with van der Waals surface area (Å²) < 4.78 is 7.65. The summed E-state index contributed by atoms with van der Waals surface area (Å²) >= 11 is 3.39. The first kappa shape index (κ1) is 13.8. The van der Waals surface area contributed by atoms with Gasteiger partial charge in [0.2, 0.25) is 0 Å². The van der Waals surface area contributed by atoms with Crippen molar-refractivity contribution >= 4 is 32.6 Å². The van der Waals surface area contributed by atoms with Gasteiger partial charge in [0.05, 0.1) is 23.3 Å². The Labute approximate surface area is 130 Å². The van der Waals surface area contributed by atoms with Gasteiger partial charge in [-0.25, -0.2) is 0 Å². The molecule has 21 heavy (non-hydrogen) atoms. The van der Waals surface area contributed by atoms with Crippen LogP contribution in [0.25, 0.3) is 10.9 Å². The molecule has 0 radical (unpaired) electrons. The van der Waals surface area contributed by atoms with Gasteiger partial charge in [0.25, 0.3) is 0 Å². The molecule has 0 saturated carbocycles. The van der Waals surface area contributed by atoms with Crippen LogP contribution in [0.5, 0.6) is 5.75 Å². The summed E-state index contributed by atoms with van der Waals surface area (Å²) in [6, 6.07) is 13.1. The molecule has 0 aliphatic carbocycles. The molecule has 0 aliphatic rings. The molecule has 0 atom stereocenters. The lowest BCUT2D eigenvalue weighted by Gasteiger charge is -2.06. The van der Waals surface area contributed by atoms with Gasteiger partial charge in [-0.1, -0.05) is 18.2 Å². The highest BCUT2D eigenvalue weighted by molar-refractivity contribution is 9.10. The molecule has 5 heteroatoms. The Bertz CT molecular complexity index is 811. The standard InChI is InChI=1S/C16H13BrN2O2/c1-21-16-7-6-11(8-13(16)17)15(20)10-19-14-5-3-2-4-12(14)9-18-19/h2-9H,10H2,1H3. The van der Waals surface area contributed by atoms with Crippen LogP contribution in [0, 0.1) is 0 Å². The minimum Gasteiger partial charge on any atom is -0.496 e. The molecule has 2 aromatic carbocycles. The van der Waals surface area contributed by atoms with Gasteiger partial charge in [0, 0.05) is 10.9 Å². The zero-order valence-corrected chi connectivity index (χ0v) is 13.0. The summed E-state index contributed by atoms with van der Waals surface area (Å²) in [5.74, 6) is 0.711. The largest absolute Gasteiger partial charge is 0.496 e. The van der Waals surface area contributed by atoms with E-state index in [1.165, 1.54) is 0 Å². The molecule has 3 aromatic rings. The Morgan fingerprint density at radius 1 is 1.29 bits per heavy atom. The van der Waals surface area contributed by atoms with E-state index < -0.39 is 0 Å². The minimum atomic E-state index is 0.00667. The molecule has 0 aliphatic heterocycles. The number of ether oxygens (including phenoxy) is 1. The summed E-state index contributed by atoms with van der Waals surface area (Å²) in [6.07, 6.45) is 1.77. The van der Waals surface area contributed by atoms with E-state index in [0.717, 1.165) is 15.4 Å². The van der Waals surface area contributed by atoms with E-state index in [2.05, 4.69) is 21.0 Å². The van der Waals surface area contributed by atoms with Gasteiger partial charge >= 0.3 is 0 Å². The van der Waals surface area contributed by atoms with E-state index >= 15 is 0 Å². The second-order valence-corrected chi connectivity index (χ2v) is 5.49. The number of fused-ring (bicyclic) bond motifs is 1. The average molecular weight is 345 g/mol. The first-order valence-electron chi connectivity index (χ1n) is 6.46. The summed E-state index contributed by atoms with van der Waals surface area (Å²) in [6.45, 7) is 0.215. The Morgan fingerprint density at radius 3 is 2.86 bits per heavy atom. The van der Waals surface area contributed by atoms with Crippen molar-refractivity contribution in [2.24, 2.45) is 0 Å². The third kappa shape index (κ3) is 2.69. The quantitative estimate of drug-likeness (QED) is 0.678. The molecule has 106 valence electrons. The fraction of sp³-hybridized carbons (Fsp3) is 0.125. The van der Waals surface area contributed by atoms with Crippen LogP contribution in [0.2, 0.25) is 0 Å². The molecule has 0 unspecified atom stereocenters. The number of methoxy groups -OCH3 is 1. The number of nitrogens with zero attached hydrogens (tertiary/aromatic N) is 2. The van der Waals surface area contributed by atoms with Crippen LogP contribution in [0.4, 0.5) is 0 Å². The Balaban J connectivity index is 1.88. The number of benzene rings is 2. The van der Waals surface area contributed by atoms with E-state index in [-0.39, 0.29) is 12.3 Å². The fourth-order valence-electron chi connectivity index (χ4n) is 2.22. The van der Waals surface area contributed by atoms with Crippen LogP contribution < -0.4 is 4.74 Å². The average Bonchev–Trinajstić information content (AvgIpc) is 2.90. The van der Waals surface area contributed by atoms with Crippen molar-refractivity contribution in [3.8, 4) is 5.75 Å². The van der Waals surface area contributed by atoms with E-state index in [0.29, 0.717) is 11.3 Å². The fourth-order valence-corrected chi connectivity index (χ4v) is 2.76. The second kappa shape index (κ2) is 5.69. The number of ketones is 1. The highest BCUT2D eigenvalue weighted by Crippen LogP contribution is 2.26. The van der Waals surface area contributed by atoms with Gasteiger partial charge in [-0.05, 0) is 40.2 Å². The van der Waals surface area contributed by atoms with Gasteiger partial charge < -0.3 is 4.74 Å². The third-order valence-corrected chi connectivity index (χ3v) is 3.94. The monoisotopic (exact) mass is 344 g/mol. The van der Waals surface area contributed by atoms with Crippen molar-refractivity contribution in [3.63, 3.8) is 0 Å². The molecule has 0 spiro atoms. The number of Topliss-reactive ketones (excluding diaryl/α,β-unsaturated/α-hetero) is 1. The van der Waals surface area contributed by atoms with Gasteiger partial charge in [-0.15, -0.1) is 0 Å². The first-order chi connectivity index (χ1) is 10.2. The predicted molar refractivity (Wildman–Crippen MR) is 84.8 cm³/mol. The summed E-state index contributed by atoms with van der Waals surface area (Å²) in [5, 5.41) is 5.31. The second-order valence-electron chi connectivity index (χ2n) is 4.63. The zero-order chi connectivity index (χ0) is 14.8. The number of halogens is 1. The van der Waals surface area contributed by atoms with Gasteiger partial charge in [0.15, 0.2) is 5.78 Å². The lowest BCUT2D eigenvalue weighted by molar-refractivity contribution is 0.0969. The topological polar surface area (TPSA) is 44.1 Å². The molecule has 0 bridgehead atoms. The van der Waals surface area contributed by atoms with Gasteiger partial charge in [0.1, 0.15) is 12.3 Å². The summed E-state index contributed by atoms with van der Waals surface area (Å²) in [7, 11) is 1.59. The highest BCUT2D eigenvalue weighted by atomic mass is 79.9. The van der Waals surface area contributed by atoms with Crippen molar-refractivity contribution in [1.29, 1.82) is 0 Å². The van der Waals surface area contributed by atoms with Crippen LogP contribution in [0.1, 0.15) is 10.4 Å². The normalized spacial score (nSPS) is 10.8. The van der Waals surface area contributed by atoms with E-state index in [1.54, 1.807) is 36.2 Å². The summed E-state index contributed by atoms with van der Waals surface area (Å²) in [4.78, 5) is 12.4. The molecule has 0 amide bonds. The third-order valence-electron chi connectivity index (χ3n) is 3.32. The van der Waals surface area contributed by atoms with Crippen LogP contribution in [0.15, 0.2) is 53.1 Å². The molecule has 0 saturated heterocycles.